The van der Waals surface area contributed by atoms with Gasteiger partial charge in [0.05, 0.1) is 5.92 Å². The van der Waals surface area contributed by atoms with Gasteiger partial charge in [0, 0.05) is 13.1 Å². The van der Waals surface area contributed by atoms with Gasteiger partial charge in [-0.1, -0.05) is 6.92 Å². The Hall–Kier alpha value is -1.10. The number of carboxylic acids is 1. The van der Waals surface area contributed by atoms with Crippen LogP contribution in [0.1, 0.15) is 13.3 Å². The van der Waals surface area contributed by atoms with Crippen LogP contribution >= 0.6 is 0 Å². The largest absolute Gasteiger partial charge is 0.480 e. The molecule has 0 aliphatic carbocycles. The van der Waals surface area contributed by atoms with Gasteiger partial charge in [-0.15, -0.1) is 0 Å². The molecular formula is C8H14N2O3. The van der Waals surface area contributed by atoms with Crippen LogP contribution in [0.2, 0.25) is 0 Å². The van der Waals surface area contributed by atoms with Gasteiger partial charge in [-0.3, -0.25) is 4.79 Å². The molecule has 0 aromatic rings. The lowest BCUT2D eigenvalue weighted by Gasteiger charge is -2.27. The van der Waals surface area contributed by atoms with Crippen LogP contribution in [0, 0.1) is 5.92 Å². The third kappa shape index (κ3) is 2.42. The number of hydrogen-bond donors (Lipinski definition) is 3. The lowest BCUT2D eigenvalue weighted by molar-refractivity contribution is -0.142. The van der Waals surface area contributed by atoms with E-state index in [1.807, 2.05) is 0 Å². The molecule has 1 amide bonds. The van der Waals surface area contributed by atoms with Crippen LogP contribution in [-0.2, 0) is 9.59 Å². The molecule has 1 rings (SSSR count). The van der Waals surface area contributed by atoms with E-state index in [1.54, 1.807) is 6.92 Å². The van der Waals surface area contributed by atoms with Crippen molar-refractivity contribution in [2.24, 2.45) is 5.92 Å². The summed E-state index contributed by atoms with van der Waals surface area (Å²) < 4.78 is 0. The fourth-order valence-corrected chi connectivity index (χ4v) is 1.10. The average Bonchev–Trinajstić information content (AvgIpc) is 1.96. The van der Waals surface area contributed by atoms with E-state index in [9.17, 15) is 9.59 Å². The molecule has 0 aromatic carbocycles. The molecule has 0 radical (unpaired) electrons. The molecule has 3 N–H and O–H groups in total. The normalized spacial score (nSPS) is 18.8. The molecule has 1 heterocycles. The molecule has 0 bridgehead atoms. The fraction of sp³-hybridized carbons (Fsp3) is 0.750. The van der Waals surface area contributed by atoms with Gasteiger partial charge in [-0.2, -0.15) is 0 Å². The highest BCUT2D eigenvalue weighted by atomic mass is 16.4. The van der Waals surface area contributed by atoms with Crippen molar-refractivity contribution in [3.8, 4) is 0 Å². The summed E-state index contributed by atoms with van der Waals surface area (Å²) in [5.41, 5.74) is 0. The van der Waals surface area contributed by atoms with Crippen molar-refractivity contribution in [3.63, 3.8) is 0 Å². The monoisotopic (exact) mass is 186 g/mol. The van der Waals surface area contributed by atoms with Crippen molar-refractivity contribution in [3.05, 3.63) is 0 Å². The van der Waals surface area contributed by atoms with Gasteiger partial charge in [0.25, 0.3) is 0 Å². The predicted octanol–water partition coefficient (Wildman–Crippen LogP) is -0.815. The Labute approximate surface area is 76.5 Å². The van der Waals surface area contributed by atoms with Crippen LogP contribution in [0.4, 0.5) is 0 Å². The number of carbonyl (C=O) groups excluding carboxylic acids is 1. The van der Waals surface area contributed by atoms with Gasteiger partial charge in [-0.05, 0) is 6.42 Å². The first-order valence-electron chi connectivity index (χ1n) is 4.39. The van der Waals surface area contributed by atoms with Crippen LogP contribution in [0.25, 0.3) is 0 Å². The first kappa shape index (κ1) is 9.98. The Bertz CT molecular complexity index is 213. The molecule has 5 heteroatoms. The van der Waals surface area contributed by atoms with Crippen molar-refractivity contribution in [1.82, 2.24) is 10.6 Å². The third-order valence-electron chi connectivity index (χ3n) is 2.18. The second kappa shape index (κ2) is 4.23. The van der Waals surface area contributed by atoms with E-state index in [-0.39, 0.29) is 11.8 Å². The number of nitrogens with one attached hydrogen (secondary N) is 2. The van der Waals surface area contributed by atoms with Crippen molar-refractivity contribution < 1.29 is 14.7 Å². The molecule has 0 aromatic heterocycles. The van der Waals surface area contributed by atoms with E-state index in [4.69, 9.17) is 5.11 Å². The van der Waals surface area contributed by atoms with E-state index >= 15 is 0 Å². The maximum atomic E-state index is 11.3. The Morgan fingerprint density at radius 2 is 2.23 bits per heavy atom. The van der Waals surface area contributed by atoms with Gasteiger partial charge in [0.2, 0.25) is 5.91 Å². The van der Waals surface area contributed by atoms with Crippen LogP contribution in [0.15, 0.2) is 0 Å². The summed E-state index contributed by atoms with van der Waals surface area (Å²) >= 11 is 0. The molecule has 0 spiro atoms. The minimum Gasteiger partial charge on any atom is -0.480 e. The van der Waals surface area contributed by atoms with E-state index in [1.165, 1.54) is 0 Å². The zero-order valence-corrected chi connectivity index (χ0v) is 7.54. The molecule has 1 unspecified atom stereocenters. The Kier molecular flexibility index (Phi) is 3.25. The Morgan fingerprint density at radius 3 is 2.54 bits per heavy atom. The molecule has 1 saturated heterocycles. The maximum absolute atomic E-state index is 11.3. The number of carbonyl (C=O) groups is 2. The molecule has 1 atom stereocenters. The summed E-state index contributed by atoms with van der Waals surface area (Å²) in [7, 11) is 0. The molecule has 1 aliphatic heterocycles. The second-order valence-electron chi connectivity index (χ2n) is 3.16. The van der Waals surface area contributed by atoms with Crippen molar-refractivity contribution in [1.29, 1.82) is 0 Å². The van der Waals surface area contributed by atoms with Crippen LogP contribution in [-0.4, -0.2) is 36.1 Å². The van der Waals surface area contributed by atoms with E-state index in [2.05, 4.69) is 10.6 Å². The summed E-state index contributed by atoms with van der Waals surface area (Å²) in [5, 5.41) is 14.1. The topological polar surface area (TPSA) is 78.4 Å². The van der Waals surface area contributed by atoms with E-state index in [0.29, 0.717) is 19.5 Å². The molecule has 1 fully saturated rings. The number of carboxylic acid groups (broad SMARTS) is 1. The summed E-state index contributed by atoms with van der Waals surface area (Å²) in [5.74, 6) is -1.18. The first-order chi connectivity index (χ1) is 6.15. The molecule has 5 nitrogen and oxygen atoms in total. The number of hydrogen-bond acceptors (Lipinski definition) is 3. The second-order valence-corrected chi connectivity index (χ2v) is 3.16. The summed E-state index contributed by atoms with van der Waals surface area (Å²) in [6.45, 7) is 3.04. The lowest BCUT2D eigenvalue weighted by Crippen LogP contribution is -2.53. The quantitative estimate of drug-likeness (QED) is 0.536. The van der Waals surface area contributed by atoms with Crippen molar-refractivity contribution in [2.75, 3.05) is 13.1 Å². The minimum absolute atomic E-state index is 0.0478. The standard InChI is InChI=1S/C8H14N2O3/c1-2-6(8(12)13)10-7(11)5-3-9-4-5/h5-6,9H,2-4H2,1H3,(H,10,11)(H,12,13). The first-order valence-corrected chi connectivity index (χ1v) is 4.39. The third-order valence-corrected chi connectivity index (χ3v) is 2.18. The number of rotatable bonds is 4. The Morgan fingerprint density at radius 1 is 1.62 bits per heavy atom. The molecule has 1 aliphatic rings. The molecule has 13 heavy (non-hydrogen) atoms. The minimum atomic E-state index is -0.969. The highest BCUT2D eigenvalue weighted by Crippen LogP contribution is 2.03. The van der Waals surface area contributed by atoms with Gasteiger partial charge in [0.15, 0.2) is 0 Å². The zero-order chi connectivity index (χ0) is 9.84. The molecular weight excluding hydrogens is 172 g/mol. The van der Waals surface area contributed by atoms with Gasteiger partial charge < -0.3 is 15.7 Å². The lowest BCUT2D eigenvalue weighted by atomic mass is 10.0. The fourth-order valence-electron chi connectivity index (χ4n) is 1.10. The van der Waals surface area contributed by atoms with Gasteiger partial charge in [-0.25, -0.2) is 4.79 Å². The smallest absolute Gasteiger partial charge is 0.326 e. The van der Waals surface area contributed by atoms with Crippen LogP contribution < -0.4 is 10.6 Å². The molecule has 0 saturated carbocycles. The van der Waals surface area contributed by atoms with Gasteiger partial charge >= 0.3 is 5.97 Å². The van der Waals surface area contributed by atoms with Gasteiger partial charge in [0.1, 0.15) is 6.04 Å². The number of amides is 1. The van der Waals surface area contributed by atoms with E-state index in [0.717, 1.165) is 0 Å². The summed E-state index contributed by atoms with van der Waals surface area (Å²) in [4.78, 5) is 21.8. The molecule has 74 valence electrons. The predicted molar refractivity (Wildman–Crippen MR) is 46.2 cm³/mol. The Balaban J connectivity index is 2.36. The maximum Gasteiger partial charge on any atom is 0.326 e. The SMILES string of the molecule is CCC(NC(=O)C1CNC1)C(=O)O. The van der Waals surface area contributed by atoms with Crippen LogP contribution in [0.3, 0.4) is 0 Å². The summed E-state index contributed by atoms with van der Waals surface area (Å²) in [6.07, 6.45) is 0.418. The van der Waals surface area contributed by atoms with Crippen molar-refractivity contribution >= 4 is 11.9 Å². The zero-order valence-electron chi connectivity index (χ0n) is 7.54. The highest BCUT2D eigenvalue weighted by Gasteiger charge is 2.27. The van der Waals surface area contributed by atoms with E-state index < -0.39 is 12.0 Å². The average molecular weight is 186 g/mol. The van der Waals surface area contributed by atoms with Crippen molar-refractivity contribution in [2.45, 2.75) is 19.4 Å². The highest BCUT2D eigenvalue weighted by molar-refractivity contribution is 5.85. The number of aliphatic carboxylic acids is 1. The summed E-state index contributed by atoms with van der Waals surface area (Å²) in [6, 6.07) is -0.743. The van der Waals surface area contributed by atoms with Crippen LogP contribution in [0.5, 0.6) is 0 Å².